The van der Waals surface area contributed by atoms with Gasteiger partial charge in [-0.25, -0.2) is 17.5 Å². The molecule has 2 atom stereocenters. The van der Waals surface area contributed by atoms with Crippen LogP contribution in [0.3, 0.4) is 0 Å². The third kappa shape index (κ3) is 4.00. The van der Waals surface area contributed by atoms with Crippen molar-refractivity contribution >= 4 is 26.0 Å². The summed E-state index contributed by atoms with van der Waals surface area (Å²) in [5.74, 6) is -0.542. The zero-order valence-corrected chi connectivity index (χ0v) is 12.9. The molecule has 2 unspecified atom stereocenters. The highest BCUT2D eigenvalue weighted by Crippen LogP contribution is 2.25. The van der Waals surface area contributed by atoms with Gasteiger partial charge in [-0.1, -0.05) is 41.3 Å². The molecule has 0 bridgehead atoms. The van der Waals surface area contributed by atoms with Gasteiger partial charge in [0.2, 0.25) is 10.0 Å². The number of nitrogens with one attached hydrogen (secondary N) is 1. The maximum absolute atomic E-state index is 13.1. The van der Waals surface area contributed by atoms with Crippen LogP contribution in [0.15, 0.2) is 29.2 Å². The molecule has 1 aromatic rings. The van der Waals surface area contributed by atoms with E-state index >= 15 is 0 Å². The average molecular weight is 350 g/mol. The molecule has 0 radical (unpaired) electrons. The van der Waals surface area contributed by atoms with Gasteiger partial charge in [0.05, 0.1) is 4.90 Å². The lowest BCUT2D eigenvalue weighted by Gasteiger charge is -2.21. The minimum atomic E-state index is -3.65. The molecule has 0 saturated heterocycles. The average Bonchev–Trinajstić information content (AvgIpc) is 2.55. The number of hydrogen-bond acceptors (Lipinski definition) is 2. The van der Waals surface area contributed by atoms with Gasteiger partial charge in [0.15, 0.2) is 0 Å². The zero-order chi connectivity index (χ0) is 13.9. The lowest BCUT2D eigenvalue weighted by Crippen LogP contribution is -2.40. The van der Waals surface area contributed by atoms with Crippen LogP contribution in [-0.4, -0.2) is 19.3 Å². The second kappa shape index (κ2) is 6.33. The van der Waals surface area contributed by atoms with Gasteiger partial charge in [-0.3, -0.25) is 0 Å². The Hall–Kier alpha value is -0.460. The number of sulfonamides is 1. The molecule has 6 heteroatoms. The molecule has 19 heavy (non-hydrogen) atoms. The van der Waals surface area contributed by atoms with Crippen molar-refractivity contribution in [2.45, 2.75) is 47.9 Å². The summed E-state index contributed by atoms with van der Waals surface area (Å²) in [7, 11) is -3.65. The van der Waals surface area contributed by atoms with Gasteiger partial charge in [0.25, 0.3) is 0 Å². The first-order valence-corrected chi connectivity index (χ1v) is 8.81. The van der Waals surface area contributed by atoms with Crippen molar-refractivity contribution in [1.29, 1.82) is 0 Å². The molecule has 0 amide bonds. The summed E-state index contributed by atoms with van der Waals surface area (Å²) in [5, 5.41) is 0. The molecule has 1 N–H and O–H groups in total. The molecule has 1 saturated carbocycles. The summed E-state index contributed by atoms with van der Waals surface area (Å²) in [5.41, 5.74) is 0. The van der Waals surface area contributed by atoms with E-state index in [-0.39, 0.29) is 15.8 Å². The molecule has 1 aliphatic rings. The summed E-state index contributed by atoms with van der Waals surface area (Å²) in [6, 6.07) is 4.96. The van der Waals surface area contributed by atoms with Crippen molar-refractivity contribution in [3.05, 3.63) is 30.1 Å². The summed E-state index contributed by atoms with van der Waals surface area (Å²) >= 11 is 3.54. The topological polar surface area (TPSA) is 46.2 Å². The van der Waals surface area contributed by atoms with Crippen molar-refractivity contribution in [3.63, 3.8) is 0 Å². The summed E-state index contributed by atoms with van der Waals surface area (Å²) in [6.45, 7) is 0. The summed E-state index contributed by atoms with van der Waals surface area (Å²) < 4.78 is 40.2. The Bertz CT molecular complexity index is 535. The third-order valence-electron chi connectivity index (χ3n) is 3.34. The standard InChI is InChI=1S/C13H17BrFNO2S/c14-12-7-2-1-3-8-13(12)16-19(17,18)11-6-4-5-10(15)9-11/h4-6,9,12-13,16H,1-3,7-8H2. The Morgan fingerprint density at radius 1 is 1.21 bits per heavy atom. The molecule has 3 nitrogen and oxygen atoms in total. The van der Waals surface area contributed by atoms with E-state index < -0.39 is 15.8 Å². The third-order valence-corrected chi connectivity index (χ3v) is 5.93. The van der Waals surface area contributed by atoms with Crippen LogP contribution in [0.2, 0.25) is 0 Å². The van der Waals surface area contributed by atoms with E-state index in [1.54, 1.807) is 0 Å². The van der Waals surface area contributed by atoms with Crippen molar-refractivity contribution < 1.29 is 12.8 Å². The van der Waals surface area contributed by atoms with Crippen molar-refractivity contribution in [2.75, 3.05) is 0 Å². The lowest BCUT2D eigenvalue weighted by molar-refractivity contribution is 0.520. The van der Waals surface area contributed by atoms with E-state index in [9.17, 15) is 12.8 Å². The Balaban J connectivity index is 2.16. The van der Waals surface area contributed by atoms with Gasteiger partial charge < -0.3 is 0 Å². The van der Waals surface area contributed by atoms with E-state index in [1.807, 2.05) is 0 Å². The fourth-order valence-corrected chi connectivity index (χ4v) is 4.53. The van der Waals surface area contributed by atoms with Gasteiger partial charge in [-0.05, 0) is 31.0 Å². The smallest absolute Gasteiger partial charge is 0.207 e. The molecular weight excluding hydrogens is 333 g/mol. The number of benzene rings is 1. The van der Waals surface area contributed by atoms with Gasteiger partial charge >= 0.3 is 0 Å². The Morgan fingerprint density at radius 3 is 2.68 bits per heavy atom. The van der Waals surface area contributed by atoms with E-state index in [2.05, 4.69) is 20.7 Å². The Morgan fingerprint density at radius 2 is 1.95 bits per heavy atom. The van der Waals surface area contributed by atoms with Gasteiger partial charge in [-0.2, -0.15) is 0 Å². The molecular formula is C13H17BrFNO2S. The number of hydrogen-bond donors (Lipinski definition) is 1. The normalized spacial score (nSPS) is 24.9. The SMILES string of the molecule is O=S(=O)(NC1CCCCCC1Br)c1cccc(F)c1. The van der Waals surface area contributed by atoms with Crippen LogP contribution >= 0.6 is 15.9 Å². The maximum atomic E-state index is 13.1. The Labute approximate surface area is 121 Å². The molecule has 2 rings (SSSR count). The van der Waals surface area contributed by atoms with E-state index in [1.165, 1.54) is 18.2 Å². The van der Waals surface area contributed by atoms with Crippen LogP contribution in [0.4, 0.5) is 4.39 Å². The Kier molecular flexibility index (Phi) is 4.97. The van der Waals surface area contributed by atoms with Crippen LogP contribution < -0.4 is 4.72 Å². The van der Waals surface area contributed by atoms with Crippen LogP contribution in [0.25, 0.3) is 0 Å². The second-order valence-electron chi connectivity index (χ2n) is 4.84. The minimum absolute atomic E-state index is 0.0172. The molecule has 0 aliphatic heterocycles. The minimum Gasteiger partial charge on any atom is -0.207 e. The fraction of sp³-hybridized carbons (Fsp3) is 0.538. The molecule has 106 valence electrons. The molecule has 1 aliphatic carbocycles. The monoisotopic (exact) mass is 349 g/mol. The first-order valence-electron chi connectivity index (χ1n) is 6.41. The van der Waals surface area contributed by atoms with Crippen molar-refractivity contribution in [2.24, 2.45) is 0 Å². The summed E-state index contributed by atoms with van der Waals surface area (Å²) in [4.78, 5) is 0.120. The first kappa shape index (κ1) is 14.9. The number of alkyl halides is 1. The molecule has 0 spiro atoms. The van der Waals surface area contributed by atoms with Crippen LogP contribution in [-0.2, 0) is 10.0 Å². The van der Waals surface area contributed by atoms with Gasteiger partial charge in [0.1, 0.15) is 5.82 Å². The predicted octanol–water partition coefficient (Wildman–Crippen LogP) is 3.20. The second-order valence-corrected chi connectivity index (χ2v) is 7.73. The van der Waals surface area contributed by atoms with Crippen LogP contribution in [0, 0.1) is 5.82 Å². The van der Waals surface area contributed by atoms with Crippen LogP contribution in [0.1, 0.15) is 32.1 Å². The quantitative estimate of drug-likeness (QED) is 0.672. The summed E-state index contributed by atoms with van der Waals surface area (Å²) in [6.07, 6.45) is 5.01. The van der Waals surface area contributed by atoms with Gasteiger partial charge in [0, 0.05) is 10.9 Å². The van der Waals surface area contributed by atoms with E-state index in [4.69, 9.17) is 0 Å². The number of rotatable bonds is 3. The van der Waals surface area contributed by atoms with Gasteiger partial charge in [-0.15, -0.1) is 0 Å². The molecule has 1 aromatic carbocycles. The maximum Gasteiger partial charge on any atom is 0.240 e. The molecule has 1 fully saturated rings. The zero-order valence-electron chi connectivity index (χ0n) is 10.5. The van der Waals surface area contributed by atoms with E-state index in [0.29, 0.717) is 0 Å². The molecule has 0 aromatic heterocycles. The number of halogens is 2. The predicted molar refractivity (Wildman–Crippen MR) is 76.3 cm³/mol. The highest BCUT2D eigenvalue weighted by Gasteiger charge is 2.26. The van der Waals surface area contributed by atoms with Crippen LogP contribution in [0.5, 0.6) is 0 Å². The van der Waals surface area contributed by atoms with Crippen molar-refractivity contribution in [1.82, 2.24) is 4.72 Å². The largest absolute Gasteiger partial charge is 0.240 e. The van der Waals surface area contributed by atoms with E-state index in [0.717, 1.165) is 38.2 Å². The fourth-order valence-electron chi connectivity index (χ4n) is 2.30. The highest BCUT2D eigenvalue weighted by atomic mass is 79.9. The lowest BCUT2D eigenvalue weighted by atomic mass is 10.1. The first-order chi connectivity index (χ1) is 8.99. The molecule has 0 heterocycles. The highest BCUT2D eigenvalue weighted by molar-refractivity contribution is 9.09. The van der Waals surface area contributed by atoms with Crippen molar-refractivity contribution in [3.8, 4) is 0 Å².